The van der Waals surface area contributed by atoms with Crippen LogP contribution in [0.3, 0.4) is 0 Å². The molecule has 0 atom stereocenters. The summed E-state index contributed by atoms with van der Waals surface area (Å²) in [4.78, 5) is 0. The third-order valence-electron chi connectivity index (χ3n) is 2.85. The van der Waals surface area contributed by atoms with E-state index >= 15 is 0 Å². The molecular formula is C14H12F4N2. The molecule has 2 rings (SSSR count). The number of nitrogens with one attached hydrogen (secondary N) is 1. The van der Waals surface area contributed by atoms with Gasteiger partial charge in [-0.3, -0.25) is 0 Å². The number of benzene rings is 2. The van der Waals surface area contributed by atoms with Gasteiger partial charge in [0.1, 0.15) is 5.82 Å². The fraction of sp³-hybridized carbons (Fsp3) is 0.143. The SMILES string of the molecule is Cc1ccc(C(F)(F)F)cc1Nc1cc(F)ccc1N. The summed E-state index contributed by atoms with van der Waals surface area (Å²) in [6, 6.07) is 6.98. The Morgan fingerprint density at radius 2 is 1.70 bits per heavy atom. The Morgan fingerprint density at radius 3 is 2.35 bits per heavy atom. The van der Waals surface area contributed by atoms with Gasteiger partial charge in [0.25, 0.3) is 0 Å². The van der Waals surface area contributed by atoms with Crippen LogP contribution in [-0.4, -0.2) is 0 Å². The zero-order valence-electron chi connectivity index (χ0n) is 10.6. The second kappa shape index (κ2) is 5.03. The number of anilines is 3. The molecule has 2 aromatic carbocycles. The van der Waals surface area contributed by atoms with E-state index in [0.717, 1.165) is 18.2 Å². The van der Waals surface area contributed by atoms with E-state index in [2.05, 4.69) is 5.32 Å². The highest BCUT2D eigenvalue weighted by Gasteiger charge is 2.30. The molecule has 0 aromatic heterocycles. The first kappa shape index (κ1) is 14.2. The van der Waals surface area contributed by atoms with Gasteiger partial charge in [-0.1, -0.05) is 6.07 Å². The van der Waals surface area contributed by atoms with Gasteiger partial charge in [-0.25, -0.2) is 4.39 Å². The van der Waals surface area contributed by atoms with E-state index in [-0.39, 0.29) is 17.1 Å². The van der Waals surface area contributed by atoms with E-state index < -0.39 is 17.6 Å². The van der Waals surface area contributed by atoms with Crippen LogP contribution in [-0.2, 0) is 6.18 Å². The molecule has 3 N–H and O–H groups in total. The second-order valence-electron chi connectivity index (χ2n) is 4.38. The maximum absolute atomic E-state index is 13.1. The van der Waals surface area contributed by atoms with Crippen molar-refractivity contribution in [3.63, 3.8) is 0 Å². The minimum Gasteiger partial charge on any atom is -0.397 e. The minimum atomic E-state index is -4.43. The standard InChI is InChI=1S/C14H12F4N2/c1-8-2-3-9(14(16,17)18)6-12(8)20-13-7-10(15)4-5-11(13)19/h2-7,20H,19H2,1H3. The summed E-state index contributed by atoms with van der Waals surface area (Å²) in [6.07, 6.45) is -4.43. The van der Waals surface area contributed by atoms with Crippen molar-refractivity contribution in [2.24, 2.45) is 0 Å². The Labute approximate surface area is 113 Å². The summed E-state index contributed by atoms with van der Waals surface area (Å²) in [6.45, 7) is 1.65. The Hall–Kier alpha value is -2.24. The Balaban J connectivity index is 2.40. The van der Waals surface area contributed by atoms with Crippen LogP contribution in [0.5, 0.6) is 0 Å². The summed E-state index contributed by atoms with van der Waals surface area (Å²) in [5.74, 6) is -0.522. The maximum Gasteiger partial charge on any atom is 0.416 e. The normalized spacial score (nSPS) is 11.4. The van der Waals surface area contributed by atoms with Crippen molar-refractivity contribution in [1.29, 1.82) is 0 Å². The highest BCUT2D eigenvalue weighted by atomic mass is 19.4. The topological polar surface area (TPSA) is 38.0 Å². The van der Waals surface area contributed by atoms with Gasteiger partial charge in [-0.05, 0) is 42.8 Å². The van der Waals surface area contributed by atoms with Gasteiger partial charge in [0.15, 0.2) is 0 Å². The molecule has 20 heavy (non-hydrogen) atoms. The first-order chi connectivity index (χ1) is 9.27. The van der Waals surface area contributed by atoms with Gasteiger partial charge in [0.2, 0.25) is 0 Å². The van der Waals surface area contributed by atoms with Crippen molar-refractivity contribution in [3.05, 3.63) is 53.3 Å². The summed E-state index contributed by atoms with van der Waals surface area (Å²) in [5, 5.41) is 2.73. The number of alkyl halides is 3. The summed E-state index contributed by atoms with van der Waals surface area (Å²) >= 11 is 0. The third kappa shape index (κ3) is 3.01. The Bertz CT molecular complexity index is 636. The molecular weight excluding hydrogens is 272 g/mol. The molecule has 0 fully saturated rings. The van der Waals surface area contributed by atoms with Crippen molar-refractivity contribution in [2.75, 3.05) is 11.1 Å². The van der Waals surface area contributed by atoms with Crippen molar-refractivity contribution >= 4 is 17.1 Å². The fourth-order valence-electron chi connectivity index (χ4n) is 1.71. The molecule has 0 amide bonds. The van der Waals surface area contributed by atoms with Crippen molar-refractivity contribution in [2.45, 2.75) is 13.1 Å². The number of hydrogen-bond donors (Lipinski definition) is 2. The second-order valence-corrected chi connectivity index (χ2v) is 4.38. The van der Waals surface area contributed by atoms with Crippen LogP contribution in [0.25, 0.3) is 0 Å². The largest absolute Gasteiger partial charge is 0.416 e. The van der Waals surface area contributed by atoms with Gasteiger partial charge >= 0.3 is 6.18 Å². The van der Waals surface area contributed by atoms with Gasteiger partial charge in [-0.2, -0.15) is 13.2 Å². The molecule has 0 aliphatic carbocycles. The predicted octanol–water partition coefficient (Wildman–Crippen LogP) is 4.48. The van der Waals surface area contributed by atoms with Crippen LogP contribution in [0, 0.1) is 12.7 Å². The van der Waals surface area contributed by atoms with Crippen LogP contribution in [0.1, 0.15) is 11.1 Å². The van der Waals surface area contributed by atoms with Crippen LogP contribution >= 0.6 is 0 Å². The number of rotatable bonds is 2. The van der Waals surface area contributed by atoms with Crippen LogP contribution in [0.4, 0.5) is 34.6 Å². The van der Waals surface area contributed by atoms with Crippen LogP contribution in [0.2, 0.25) is 0 Å². The lowest BCUT2D eigenvalue weighted by Gasteiger charge is -2.14. The van der Waals surface area contributed by atoms with Gasteiger partial charge in [-0.15, -0.1) is 0 Å². The average molecular weight is 284 g/mol. The molecule has 106 valence electrons. The van der Waals surface area contributed by atoms with E-state index in [1.54, 1.807) is 6.92 Å². The molecule has 0 radical (unpaired) electrons. The number of hydrogen-bond acceptors (Lipinski definition) is 2. The molecule has 2 aromatic rings. The zero-order valence-corrected chi connectivity index (χ0v) is 10.6. The summed E-state index contributed by atoms with van der Waals surface area (Å²) in [7, 11) is 0. The van der Waals surface area contributed by atoms with Crippen LogP contribution in [0.15, 0.2) is 36.4 Å². The lowest BCUT2D eigenvalue weighted by atomic mass is 10.1. The molecule has 2 nitrogen and oxygen atoms in total. The zero-order chi connectivity index (χ0) is 14.9. The molecule has 0 heterocycles. The van der Waals surface area contributed by atoms with Gasteiger partial charge < -0.3 is 11.1 Å². The monoisotopic (exact) mass is 284 g/mol. The van der Waals surface area contributed by atoms with E-state index in [0.29, 0.717) is 5.56 Å². The van der Waals surface area contributed by atoms with Gasteiger partial charge in [0.05, 0.1) is 16.9 Å². The van der Waals surface area contributed by atoms with Crippen molar-refractivity contribution in [3.8, 4) is 0 Å². The molecule has 6 heteroatoms. The number of aryl methyl sites for hydroxylation is 1. The molecule has 0 aliphatic rings. The molecule has 0 spiro atoms. The molecule has 0 saturated heterocycles. The molecule has 0 unspecified atom stereocenters. The summed E-state index contributed by atoms with van der Waals surface area (Å²) < 4.78 is 51.2. The number of nitrogen functional groups attached to an aromatic ring is 1. The van der Waals surface area contributed by atoms with Crippen molar-refractivity contribution < 1.29 is 17.6 Å². The molecule has 0 bridgehead atoms. The highest BCUT2D eigenvalue weighted by molar-refractivity contribution is 5.74. The molecule has 0 saturated carbocycles. The fourth-order valence-corrected chi connectivity index (χ4v) is 1.71. The maximum atomic E-state index is 13.1. The lowest BCUT2D eigenvalue weighted by molar-refractivity contribution is -0.137. The van der Waals surface area contributed by atoms with E-state index in [1.807, 2.05) is 0 Å². The molecule has 0 aliphatic heterocycles. The first-order valence-corrected chi connectivity index (χ1v) is 5.77. The first-order valence-electron chi connectivity index (χ1n) is 5.77. The Kier molecular flexibility index (Phi) is 3.57. The highest BCUT2D eigenvalue weighted by Crippen LogP contribution is 2.33. The summed E-state index contributed by atoms with van der Waals surface area (Å²) in [5.41, 5.74) is 6.20. The Morgan fingerprint density at radius 1 is 1.00 bits per heavy atom. The van der Waals surface area contributed by atoms with Crippen molar-refractivity contribution in [1.82, 2.24) is 0 Å². The smallest absolute Gasteiger partial charge is 0.397 e. The minimum absolute atomic E-state index is 0.229. The van der Waals surface area contributed by atoms with E-state index in [4.69, 9.17) is 5.73 Å². The number of halogens is 4. The number of nitrogens with two attached hydrogens (primary N) is 1. The predicted molar refractivity (Wildman–Crippen MR) is 70.3 cm³/mol. The average Bonchev–Trinajstić information content (AvgIpc) is 2.35. The lowest BCUT2D eigenvalue weighted by Crippen LogP contribution is -2.06. The third-order valence-corrected chi connectivity index (χ3v) is 2.85. The quantitative estimate of drug-likeness (QED) is 0.630. The van der Waals surface area contributed by atoms with Crippen LogP contribution < -0.4 is 11.1 Å². The van der Waals surface area contributed by atoms with Gasteiger partial charge in [0, 0.05) is 5.69 Å². The van der Waals surface area contributed by atoms with E-state index in [9.17, 15) is 17.6 Å². The van der Waals surface area contributed by atoms with E-state index in [1.165, 1.54) is 18.2 Å².